The number of carbonyl (C=O) groups is 1. The quantitative estimate of drug-likeness (QED) is 0.425. The van der Waals surface area contributed by atoms with Gasteiger partial charge in [0.25, 0.3) is 11.5 Å². The molecule has 1 N–H and O–H groups in total. The normalized spacial score (nSPS) is 11.1. The van der Waals surface area contributed by atoms with E-state index in [0.717, 1.165) is 26.9 Å². The summed E-state index contributed by atoms with van der Waals surface area (Å²) >= 11 is 0. The summed E-state index contributed by atoms with van der Waals surface area (Å²) in [5.74, 6) is -0.394. The second-order valence-corrected chi connectivity index (χ2v) is 8.74. The Morgan fingerprint density at radius 2 is 1.69 bits per heavy atom. The Morgan fingerprint density at radius 1 is 0.944 bits per heavy atom. The van der Waals surface area contributed by atoms with E-state index >= 15 is 0 Å². The Balaban J connectivity index is 1.60. The van der Waals surface area contributed by atoms with Crippen LogP contribution in [0, 0.1) is 13.8 Å². The lowest BCUT2D eigenvalue weighted by molar-refractivity contribution is 0.102. The molecule has 1 amide bonds. The maximum Gasteiger partial charge on any atom is 0.332 e. The topological polar surface area (TPSA) is 104 Å². The minimum absolute atomic E-state index is 0.229. The van der Waals surface area contributed by atoms with Crippen molar-refractivity contribution in [3.8, 4) is 16.9 Å². The number of hydrogen-bond acceptors (Lipinski definition) is 5. The standard InChI is InChI=1S/C27H24N6O3/c1-16-10-11-20(17(2)12-16)23-22(15-33(30-23)19-8-6-5-7-9-19)25(34)29-18-13-21-24(28-14-18)31(3)27(36)32(4)26(21)35/h5-15H,1-4H3,(H,29,34). The largest absolute Gasteiger partial charge is 0.332 e. The fraction of sp³-hybridized carbons (Fsp3) is 0.148. The first kappa shape index (κ1) is 23.0. The average molecular weight is 481 g/mol. The predicted molar refractivity (Wildman–Crippen MR) is 139 cm³/mol. The van der Waals surface area contributed by atoms with Gasteiger partial charge in [-0.25, -0.2) is 14.5 Å². The van der Waals surface area contributed by atoms with Gasteiger partial charge in [0.2, 0.25) is 0 Å². The molecule has 0 aliphatic heterocycles. The Bertz CT molecular complexity index is 1760. The molecule has 0 radical (unpaired) electrons. The first-order valence-electron chi connectivity index (χ1n) is 11.3. The number of carbonyl (C=O) groups excluding carboxylic acids is 1. The number of fused-ring (bicyclic) bond motifs is 1. The molecule has 0 saturated carbocycles. The van der Waals surface area contributed by atoms with Crippen LogP contribution in [-0.2, 0) is 14.1 Å². The van der Waals surface area contributed by atoms with Crippen molar-refractivity contribution >= 4 is 22.6 Å². The zero-order valence-electron chi connectivity index (χ0n) is 20.3. The predicted octanol–water partition coefficient (Wildman–Crippen LogP) is 3.35. The summed E-state index contributed by atoms with van der Waals surface area (Å²) in [4.78, 5) is 42.6. The number of pyridine rings is 1. The summed E-state index contributed by atoms with van der Waals surface area (Å²) in [7, 11) is 2.95. The van der Waals surface area contributed by atoms with Crippen LogP contribution in [0.1, 0.15) is 21.5 Å². The van der Waals surface area contributed by atoms with Gasteiger partial charge in [0.15, 0.2) is 0 Å². The molecular weight excluding hydrogens is 456 g/mol. The van der Waals surface area contributed by atoms with Crippen LogP contribution in [0.25, 0.3) is 28.0 Å². The molecule has 0 fully saturated rings. The molecule has 36 heavy (non-hydrogen) atoms. The molecule has 0 atom stereocenters. The van der Waals surface area contributed by atoms with Crippen LogP contribution in [0.2, 0.25) is 0 Å². The van der Waals surface area contributed by atoms with E-state index in [4.69, 9.17) is 5.10 Å². The number of aromatic nitrogens is 5. The minimum atomic E-state index is -0.482. The average Bonchev–Trinajstić information content (AvgIpc) is 3.32. The zero-order valence-corrected chi connectivity index (χ0v) is 20.3. The van der Waals surface area contributed by atoms with Crippen molar-refractivity contribution < 1.29 is 4.79 Å². The van der Waals surface area contributed by atoms with E-state index in [0.29, 0.717) is 16.9 Å². The van der Waals surface area contributed by atoms with E-state index in [9.17, 15) is 14.4 Å². The molecule has 3 aromatic heterocycles. The number of aryl methyl sites for hydroxylation is 3. The number of para-hydroxylation sites is 1. The first-order chi connectivity index (χ1) is 17.2. The van der Waals surface area contributed by atoms with Crippen LogP contribution in [0.15, 0.2) is 76.6 Å². The lowest BCUT2D eigenvalue weighted by atomic mass is 10.0. The Kier molecular flexibility index (Phi) is 5.60. The fourth-order valence-electron chi connectivity index (χ4n) is 4.26. The molecule has 0 unspecified atom stereocenters. The molecule has 0 bridgehead atoms. The van der Waals surface area contributed by atoms with Gasteiger partial charge in [0.05, 0.1) is 28.5 Å². The van der Waals surface area contributed by atoms with Crippen molar-refractivity contribution in [2.75, 3.05) is 5.32 Å². The second kappa shape index (κ2) is 8.77. The second-order valence-electron chi connectivity index (χ2n) is 8.74. The molecule has 3 heterocycles. The highest BCUT2D eigenvalue weighted by molar-refractivity contribution is 6.08. The number of anilines is 1. The van der Waals surface area contributed by atoms with Gasteiger partial charge in [-0.1, -0.05) is 42.0 Å². The molecular formula is C27H24N6O3. The third-order valence-corrected chi connectivity index (χ3v) is 6.17. The Labute approximate surface area is 206 Å². The Morgan fingerprint density at radius 3 is 2.42 bits per heavy atom. The highest BCUT2D eigenvalue weighted by Gasteiger charge is 2.21. The zero-order chi connectivity index (χ0) is 25.6. The van der Waals surface area contributed by atoms with Crippen molar-refractivity contribution in [2.24, 2.45) is 14.1 Å². The van der Waals surface area contributed by atoms with Crippen LogP contribution in [0.4, 0.5) is 5.69 Å². The van der Waals surface area contributed by atoms with E-state index in [2.05, 4.69) is 10.3 Å². The molecule has 180 valence electrons. The lowest BCUT2D eigenvalue weighted by Gasteiger charge is -2.10. The molecule has 5 aromatic rings. The van der Waals surface area contributed by atoms with E-state index in [1.54, 1.807) is 17.9 Å². The maximum atomic E-state index is 13.5. The van der Waals surface area contributed by atoms with E-state index in [1.807, 2.05) is 62.4 Å². The Hall–Kier alpha value is -4.79. The van der Waals surface area contributed by atoms with Crippen LogP contribution >= 0.6 is 0 Å². The summed E-state index contributed by atoms with van der Waals surface area (Å²) in [5, 5.41) is 7.82. The molecule has 0 spiro atoms. The molecule has 9 nitrogen and oxygen atoms in total. The van der Waals surface area contributed by atoms with Gasteiger partial charge < -0.3 is 5.32 Å². The van der Waals surface area contributed by atoms with Gasteiger partial charge in [0.1, 0.15) is 11.3 Å². The third-order valence-electron chi connectivity index (χ3n) is 6.17. The minimum Gasteiger partial charge on any atom is -0.320 e. The first-order valence-corrected chi connectivity index (χ1v) is 11.3. The molecule has 0 aliphatic carbocycles. The van der Waals surface area contributed by atoms with E-state index in [-0.39, 0.29) is 11.0 Å². The fourth-order valence-corrected chi connectivity index (χ4v) is 4.26. The maximum absolute atomic E-state index is 13.5. The number of amides is 1. The molecule has 2 aromatic carbocycles. The van der Waals surface area contributed by atoms with E-state index < -0.39 is 17.2 Å². The van der Waals surface area contributed by atoms with Crippen molar-refractivity contribution in [3.63, 3.8) is 0 Å². The van der Waals surface area contributed by atoms with Gasteiger partial charge in [-0.15, -0.1) is 0 Å². The number of hydrogen-bond donors (Lipinski definition) is 1. The number of benzene rings is 2. The number of nitrogens with zero attached hydrogens (tertiary/aromatic N) is 5. The smallest absolute Gasteiger partial charge is 0.320 e. The third kappa shape index (κ3) is 3.90. The monoisotopic (exact) mass is 480 g/mol. The van der Waals surface area contributed by atoms with Crippen LogP contribution in [0.5, 0.6) is 0 Å². The summed E-state index contributed by atoms with van der Waals surface area (Å²) < 4.78 is 3.98. The van der Waals surface area contributed by atoms with Gasteiger partial charge >= 0.3 is 5.69 Å². The van der Waals surface area contributed by atoms with E-state index in [1.165, 1.54) is 23.9 Å². The van der Waals surface area contributed by atoms with Crippen molar-refractivity contribution in [1.82, 2.24) is 23.9 Å². The summed E-state index contributed by atoms with van der Waals surface area (Å²) in [5.41, 5.74) is 4.33. The highest BCUT2D eigenvalue weighted by Crippen LogP contribution is 2.28. The molecule has 5 rings (SSSR count). The lowest BCUT2D eigenvalue weighted by Crippen LogP contribution is -2.37. The van der Waals surface area contributed by atoms with Crippen LogP contribution in [0.3, 0.4) is 0 Å². The number of nitrogens with one attached hydrogen (secondary N) is 1. The SMILES string of the molecule is Cc1ccc(-c2nn(-c3ccccc3)cc2C(=O)Nc2cnc3c(c2)c(=O)n(C)c(=O)n3C)c(C)c1. The van der Waals surface area contributed by atoms with Crippen LogP contribution < -0.4 is 16.6 Å². The van der Waals surface area contributed by atoms with Gasteiger partial charge in [-0.05, 0) is 37.6 Å². The van der Waals surface area contributed by atoms with Gasteiger partial charge in [0, 0.05) is 25.9 Å². The van der Waals surface area contributed by atoms with Crippen LogP contribution in [-0.4, -0.2) is 29.8 Å². The summed E-state index contributed by atoms with van der Waals surface area (Å²) in [6.45, 7) is 4.00. The van der Waals surface area contributed by atoms with Gasteiger partial charge in [-0.2, -0.15) is 5.10 Å². The van der Waals surface area contributed by atoms with Crippen molar-refractivity contribution in [2.45, 2.75) is 13.8 Å². The highest BCUT2D eigenvalue weighted by atomic mass is 16.2. The molecule has 0 saturated heterocycles. The number of rotatable bonds is 4. The molecule has 0 aliphatic rings. The van der Waals surface area contributed by atoms with Crippen molar-refractivity contribution in [3.05, 3.63) is 105 Å². The summed E-state index contributed by atoms with van der Waals surface area (Å²) in [6, 6.07) is 17.1. The summed E-state index contributed by atoms with van der Waals surface area (Å²) in [6.07, 6.45) is 3.12. The van der Waals surface area contributed by atoms with Crippen molar-refractivity contribution in [1.29, 1.82) is 0 Å². The molecule has 9 heteroatoms. The van der Waals surface area contributed by atoms with Gasteiger partial charge in [-0.3, -0.25) is 18.7 Å².